The first-order valence-electron chi connectivity index (χ1n) is 12.2. The Hall–Kier alpha value is -2.01. The molecule has 0 saturated heterocycles. The van der Waals surface area contributed by atoms with Crippen molar-refractivity contribution in [3.8, 4) is 0 Å². The van der Waals surface area contributed by atoms with Crippen molar-refractivity contribution in [1.29, 1.82) is 0 Å². The summed E-state index contributed by atoms with van der Waals surface area (Å²) in [6.07, 6.45) is 8.35. The smallest absolute Gasteiger partial charge is 0.160 e. The van der Waals surface area contributed by atoms with Crippen LogP contribution in [0.4, 0.5) is 0 Å². The number of benzene rings is 1. The molecule has 0 aromatic heterocycles. The molecule has 0 radical (unpaired) electrons. The van der Waals surface area contributed by atoms with E-state index < -0.39 is 0 Å². The van der Waals surface area contributed by atoms with Crippen molar-refractivity contribution < 1.29 is 9.53 Å². The van der Waals surface area contributed by atoms with Crippen LogP contribution < -0.4 is 5.32 Å². The van der Waals surface area contributed by atoms with Gasteiger partial charge in [0.25, 0.3) is 0 Å². The fourth-order valence-electron chi connectivity index (χ4n) is 3.38. The Morgan fingerprint density at radius 2 is 1.78 bits per heavy atom. The first-order chi connectivity index (χ1) is 15.2. The summed E-state index contributed by atoms with van der Waals surface area (Å²) in [6, 6.07) is 5.95. The van der Waals surface area contributed by atoms with Gasteiger partial charge in [0.05, 0.1) is 13.3 Å². The predicted octanol–water partition coefficient (Wildman–Crippen LogP) is 6.19. The highest BCUT2D eigenvalue weighted by atomic mass is 16.5. The number of hydrogen-bond acceptors (Lipinski definition) is 5. The Kier molecular flexibility index (Phi) is 16.4. The zero-order valence-electron chi connectivity index (χ0n) is 22.3. The molecule has 184 valence electrons. The molecule has 2 rings (SSSR count). The Balaban J connectivity index is 0.000000608. The molecule has 0 amide bonds. The molecule has 0 spiro atoms. The maximum atomic E-state index is 11.4. The summed E-state index contributed by atoms with van der Waals surface area (Å²) < 4.78 is 5.80. The topological polar surface area (TPSA) is 44.8 Å². The van der Waals surface area contributed by atoms with Gasteiger partial charge < -0.3 is 19.9 Å². The van der Waals surface area contributed by atoms with Crippen LogP contribution in [0.25, 0.3) is 0 Å². The van der Waals surface area contributed by atoms with Crippen LogP contribution in [0.15, 0.2) is 30.2 Å². The second-order valence-corrected chi connectivity index (χ2v) is 8.64. The van der Waals surface area contributed by atoms with Crippen LogP contribution in [0.3, 0.4) is 0 Å². The van der Waals surface area contributed by atoms with Crippen molar-refractivity contribution in [3.05, 3.63) is 46.9 Å². The van der Waals surface area contributed by atoms with Gasteiger partial charge in [-0.1, -0.05) is 71.6 Å². The van der Waals surface area contributed by atoms with E-state index >= 15 is 0 Å². The van der Waals surface area contributed by atoms with E-state index in [4.69, 9.17) is 4.74 Å². The van der Waals surface area contributed by atoms with E-state index in [1.165, 1.54) is 37.9 Å². The largest absolute Gasteiger partial charge is 0.376 e. The van der Waals surface area contributed by atoms with Gasteiger partial charge in [0.1, 0.15) is 5.82 Å². The Bertz CT molecular complexity index is 671. The summed E-state index contributed by atoms with van der Waals surface area (Å²) in [7, 11) is 6.05. The van der Waals surface area contributed by atoms with Gasteiger partial charge in [-0.2, -0.15) is 0 Å². The molecular weight excluding hydrogens is 398 g/mol. The first-order valence-corrected chi connectivity index (χ1v) is 12.2. The van der Waals surface area contributed by atoms with Crippen LogP contribution in [0.1, 0.15) is 88.2 Å². The zero-order valence-corrected chi connectivity index (χ0v) is 22.3. The van der Waals surface area contributed by atoms with E-state index in [1.54, 1.807) is 6.92 Å². The average molecular weight is 448 g/mol. The lowest BCUT2D eigenvalue weighted by atomic mass is 10.0. The summed E-state index contributed by atoms with van der Waals surface area (Å²) >= 11 is 0. The van der Waals surface area contributed by atoms with Gasteiger partial charge >= 0.3 is 0 Å². The maximum Gasteiger partial charge on any atom is 0.160 e. The molecule has 32 heavy (non-hydrogen) atoms. The fourth-order valence-corrected chi connectivity index (χ4v) is 3.38. The SMILES string of the molecule is CCCC.CCCC(CC)COCc1ccc(C(C)=O)c(C)c1.CNC1=CN(C)CN1C. The molecule has 1 unspecified atom stereocenters. The van der Waals surface area contributed by atoms with Crippen molar-refractivity contribution in [3.63, 3.8) is 0 Å². The lowest BCUT2D eigenvalue weighted by molar-refractivity contribution is 0.0824. The average Bonchev–Trinajstić information content (AvgIpc) is 3.10. The number of carbonyl (C=O) groups excluding carboxylic acids is 1. The number of ketones is 1. The van der Waals surface area contributed by atoms with Gasteiger partial charge in [-0.3, -0.25) is 4.79 Å². The lowest BCUT2D eigenvalue weighted by Gasteiger charge is -2.15. The van der Waals surface area contributed by atoms with Crippen LogP contribution in [-0.4, -0.2) is 50.0 Å². The number of carbonyl (C=O) groups is 1. The summed E-state index contributed by atoms with van der Waals surface area (Å²) in [5, 5.41) is 3.09. The number of unbranched alkanes of at least 4 members (excludes halogenated alkanes) is 1. The van der Waals surface area contributed by atoms with Gasteiger partial charge in [0, 0.05) is 39.5 Å². The van der Waals surface area contributed by atoms with Gasteiger partial charge in [-0.05, 0) is 37.3 Å². The molecular formula is C27H49N3O2. The molecule has 5 heteroatoms. The van der Waals surface area contributed by atoms with Gasteiger partial charge in [0.15, 0.2) is 5.78 Å². The van der Waals surface area contributed by atoms with Crippen molar-refractivity contribution in [2.45, 2.75) is 80.3 Å². The standard InChI is InChI=1S/C17H26O2.C6H13N3.C4H10/c1-5-7-15(6-2)11-19-12-16-8-9-17(14(4)18)13(3)10-16;1-7-6-4-8(2)5-9(6)3;1-3-4-2/h8-10,15H,5-7,11-12H2,1-4H3;4,7H,5H2,1-3H3;3-4H2,1-2H3. The Labute approximate surface area is 198 Å². The molecule has 5 nitrogen and oxygen atoms in total. The van der Waals surface area contributed by atoms with Crippen molar-refractivity contribution >= 4 is 5.78 Å². The molecule has 1 aliphatic rings. The fraction of sp³-hybridized carbons (Fsp3) is 0.667. The third kappa shape index (κ3) is 12.1. The Morgan fingerprint density at radius 1 is 1.12 bits per heavy atom. The molecule has 1 aliphatic heterocycles. The minimum Gasteiger partial charge on any atom is -0.376 e. The van der Waals surface area contributed by atoms with Crippen LogP contribution in [-0.2, 0) is 11.3 Å². The number of nitrogens with one attached hydrogen (secondary N) is 1. The third-order valence-electron chi connectivity index (χ3n) is 5.51. The predicted molar refractivity (Wildman–Crippen MR) is 138 cm³/mol. The molecule has 1 atom stereocenters. The number of rotatable bonds is 10. The van der Waals surface area contributed by atoms with E-state index in [0.29, 0.717) is 12.5 Å². The monoisotopic (exact) mass is 447 g/mol. The number of aryl methyl sites for hydroxylation is 1. The van der Waals surface area contributed by atoms with Gasteiger partial charge in [-0.25, -0.2) is 0 Å². The van der Waals surface area contributed by atoms with Gasteiger partial charge in [-0.15, -0.1) is 0 Å². The molecule has 0 bridgehead atoms. The summed E-state index contributed by atoms with van der Waals surface area (Å²) in [6.45, 7) is 14.8. The molecule has 0 saturated carbocycles. The van der Waals surface area contributed by atoms with E-state index in [-0.39, 0.29) is 5.78 Å². The van der Waals surface area contributed by atoms with Crippen LogP contribution in [0, 0.1) is 12.8 Å². The zero-order chi connectivity index (χ0) is 24.5. The molecule has 0 aliphatic carbocycles. The summed E-state index contributed by atoms with van der Waals surface area (Å²) in [5.41, 5.74) is 2.99. The van der Waals surface area contributed by atoms with Crippen molar-refractivity contribution in [2.24, 2.45) is 5.92 Å². The molecule has 1 aromatic carbocycles. The van der Waals surface area contributed by atoms with Crippen LogP contribution >= 0.6 is 0 Å². The highest BCUT2D eigenvalue weighted by molar-refractivity contribution is 5.95. The van der Waals surface area contributed by atoms with E-state index in [1.807, 2.05) is 26.1 Å². The lowest BCUT2D eigenvalue weighted by Crippen LogP contribution is -2.24. The highest BCUT2D eigenvalue weighted by Gasteiger charge is 2.11. The van der Waals surface area contributed by atoms with E-state index in [2.05, 4.69) is 69.2 Å². The first kappa shape index (κ1) is 30.0. The van der Waals surface area contributed by atoms with E-state index in [9.17, 15) is 4.79 Å². The molecule has 1 aromatic rings. The number of ether oxygens (including phenoxy) is 1. The minimum atomic E-state index is 0.124. The molecule has 1 heterocycles. The summed E-state index contributed by atoms with van der Waals surface area (Å²) in [5.74, 6) is 1.97. The van der Waals surface area contributed by atoms with Crippen molar-refractivity contribution in [2.75, 3.05) is 34.4 Å². The summed E-state index contributed by atoms with van der Waals surface area (Å²) in [4.78, 5) is 15.6. The van der Waals surface area contributed by atoms with Crippen LogP contribution in [0.5, 0.6) is 0 Å². The van der Waals surface area contributed by atoms with Gasteiger partial charge in [0.2, 0.25) is 0 Å². The second kappa shape index (κ2) is 17.5. The highest BCUT2D eigenvalue weighted by Crippen LogP contribution is 2.15. The number of hydrogen-bond donors (Lipinski definition) is 1. The molecule has 0 fully saturated rings. The Morgan fingerprint density at radius 3 is 2.16 bits per heavy atom. The quantitative estimate of drug-likeness (QED) is 0.434. The maximum absolute atomic E-state index is 11.4. The minimum absolute atomic E-state index is 0.124. The molecule has 1 N–H and O–H groups in total. The normalized spacial score (nSPS) is 13.5. The second-order valence-electron chi connectivity index (χ2n) is 8.64. The number of Topliss-reactive ketones (excluding diaryl/α,β-unsaturated/α-hetero) is 1. The van der Waals surface area contributed by atoms with Crippen LogP contribution in [0.2, 0.25) is 0 Å². The van der Waals surface area contributed by atoms with Crippen molar-refractivity contribution in [1.82, 2.24) is 15.1 Å². The van der Waals surface area contributed by atoms with E-state index in [0.717, 1.165) is 30.0 Å². The number of nitrogens with zero attached hydrogens (tertiary/aromatic N) is 2. The third-order valence-corrected chi connectivity index (χ3v) is 5.51.